The Morgan fingerprint density at radius 1 is 1.30 bits per heavy atom. The zero-order chi connectivity index (χ0) is 16.2. The SMILES string of the molecule is O=C(NCc1ccco1)C1CCC(=O)N1Cc1ccc(Cl)cc1. The Morgan fingerprint density at radius 2 is 2.09 bits per heavy atom. The number of likely N-dealkylation sites (tertiary alicyclic amines) is 1. The Hall–Kier alpha value is -2.27. The third-order valence-electron chi connectivity index (χ3n) is 3.91. The normalized spacial score (nSPS) is 17.5. The molecule has 0 saturated carbocycles. The molecule has 2 aromatic rings. The standard InChI is InChI=1S/C17H17ClN2O3/c18-13-5-3-12(4-6-13)11-20-15(7-8-16(20)21)17(22)19-10-14-2-1-9-23-14/h1-6,9,15H,7-8,10-11H2,(H,19,22). The number of nitrogens with zero attached hydrogens (tertiary/aromatic N) is 1. The molecular formula is C17H17ClN2O3. The molecule has 2 heterocycles. The van der Waals surface area contributed by atoms with E-state index < -0.39 is 6.04 Å². The summed E-state index contributed by atoms with van der Waals surface area (Å²) in [6.45, 7) is 0.736. The van der Waals surface area contributed by atoms with Crippen LogP contribution in [0.25, 0.3) is 0 Å². The molecule has 0 bridgehead atoms. The van der Waals surface area contributed by atoms with Crippen LogP contribution in [0.1, 0.15) is 24.2 Å². The van der Waals surface area contributed by atoms with Gasteiger partial charge in [0, 0.05) is 18.0 Å². The molecule has 2 amide bonds. The summed E-state index contributed by atoms with van der Waals surface area (Å²) in [7, 11) is 0. The van der Waals surface area contributed by atoms with Crippen molar-refractivity contribution in [2.45, 2.75) is 32.0 Å². The number of rotatable bonds is 5. The molecule has 120 valence electrons. The molecule has 1 saturated heterocycles. The summed E-state index contributed by atoms with van der Waals surface area (Å²) >= 11 is 5.87. The molecule has 3 rings (SSSR count). The van der Waals surface area contributed by atoms with Crippen molar-refractivity contribution < 1.29 is 14.0 Å². The molecule has 1 unspecified atom stereocenters. The highest BCUT2D eigenvalue weighted by molar-refractivity contribution is 6.30. The van der Waals surface area contributed by atoms with Crippen LogP contribution in [0.4, 0.5) is 0 Å². The number of hydrogen-bond donors (Lipinski definition) is 1. The largest absolute Gasteiger partial charge is 0.467 e. The van der Waals surface area contributed by atoms with Crippen LogP contribution in [0.5, 0.6) is 0 Å². The second-order valence-corrected chi connectivity index (χ2v) is 5.94. The molecule has 0 radical (unpaired) electrons. The highest BCUT2D eigenvalue weighted by Gasteiger charge is 2.35. The molecule has 1 aliphatic rings. The van der Waals surface area contributed by atoms with Gasteiger partial charge in [-0.15, -0.1) is 0 Å². The van der Waals surface area contributed by atoms with Gasteiger partial charge >= 0.3 is 0 Å². The number of nitrogens with one attached hydrogen (secondary N) is 1. The molecule has 6 heteroatoms. The molecule has 5 nitrogen and oxygen atoms in total. The molecule has 1 aliphatic heterocycles. The van der Waals surface area contributed by atoms with Gasteiger partial charge in [0.2, 0.25) is 11.8 Å². The van der Waals surface area contributed by atoms with Crippen LogP contribution in [0.2, 0.25) is 5.02 Å². The molecule has 1 atom stereocenters. The minimum absolute atomic E-state index is 0.00176. The highest BCUT2D eigenvalue weighted by Crippen LogP contribution is 2.22. The van der Waals surface area contributed by atoms with Crippen molar-refractivity contribution in [3.63, 3.8) is 0 Å². The first kappa shape index (κ1) is 15.6. The Kier molecular flexibility index (Phi) is 4.67. The molecule has 23 heavy (non-hydrogen) atoms. The monoisotopic (exact) mass is 332 g/mol. The number of furan rings is 1. The molecule has 1 aromatic carbocycles. The van der Waals surface area contributed by atoms with Crippen molar-refractivity contribution in [2.24, 2.45) is 0 Å². The molecule has 0 aliphatic carbocycles. The van der Waals surface area contributed by atoms with Crippen LogP contribution in [-0.2, 0) is 22.7 Å². The minimum Gasteiger partial charge on any atom is -0.467 e. The van der Waals surface area contributed by atoms with Gasteiger partial charge in [-0.05, 0) is 36.2 Å². The smallest absolute Gasteiger partial charge is 0.243 e. The summed E-state index contributed by atoms with van der Waals surface area (Å²) in [5, 5.41) is 3.47. The summed E-state index contributed by atoms with van der Waals surface area (Å²) in [5.41, 5.74) is 0.952. The fourth-order valence-electron chi connectivity index (χ4n) is 2.70. The fraction of sp³-hybridized carbons (Fsp3) is 0.294. The average molecular weight is 333 g/mol. The predicted molar refractivity (Wildman–Crippen MR) is 85.6 cm³/mol. The molecule has 1 aromatic heterocycles. The van der Waals surface area contributed by atoms with Gasteiger partial charge in [0.1, 0.15) is 11.8 Å². The number of carbonyl (C=O) groups excluding carboxylic acids is 2. The van der Waals surface area contributed by atoms with Crippen LogP contribution in [0.3, 0.4) is 0 Å². The van der Waals surface area contributed by atoms with E-state index in [-0.39, 0.29) is 11.8 Å². The van der Waals surface area contributed by atoms with E-state index in [1.54, 1.807) is 35.4 Å². The lowest BCUT2D eigenvalue weighted by Gasteiger charge is -2.24. The number of benzene rings is 1. The lowest BCUT2D eigenvalue weighted by Crippen LogP contribution is -2.44. The molecule has 1 fully saturated rings. The zero-order valence-electron chi connectivity index (χ0n) is 12.5. The molecular weight excluding hydrogens is 316 g/mol. The van der Waals surface area contributed by atoms with E-state index in [2.05, 4.69) is 5.32 Å². The number of halogens is 1. The van der Waals surface area contributed by atoms with Crippen LogP contribution in [-0.4, -0.2) is 22.8 Å². The van der Waals surface area contributed by atoms with E-state index in [9.17, 15) is 9.59 Å². The Morgan fingerprint density at radius 3 is 2.78 bits per heavy atom. The Balaban J connectivity index is 1.64. The maximum absolute atomic E-state index is 12.4. The number of amides is 2. The first-order valence-corrected chi connectivity index (χ1v) is 7.85. The average Bonchev–Trinajstić information content (AvgIpc) is 3.18. The lowest BCUT2D eigenvalue weighted by atomic mass is 10.1. The van der Waals surface area contributed by atoms with E-state index in [4.69, 9.17) is 16.0 Å². The summed E-state index contributed by atoms with van der Waals surface area (Å²) in [6.07, 6.45) is 2.50. The first-order valence-electron chi connectivity index (χ1n) is 7.47. The highest BCUT2D eigenvalue weighted by atomic mass is 35.5. The second-order valence-electron chi connectivity index (χ2n) is 5.50. The summed E-state index contributed by atoms with van der Waals surface area (Å²) < 4.78 is 5.19. The number of carbonyl (C=O) groups is 2. The van der Waals surface area contributed by atoms with Crippen LogP contribution in [0, 0.1) is 0 Å². The Labute approximate surface area is 139 Å². The third-order valence-corrected chi connectivity index (χ3v) is 4.17. The van der Waals surface area contributed by atoms with Crippen molar-refractivity contribution in [3.8, 4) is 0 Å². The van der Waals surface area contributed by atoms with E-state index in [0.29, 0.717) is 36.7 Å². The fourth-order valence-corrected chi connectivity index (χ4v) is 2.82. The second kappa shape index (κ2) is 6.87. The van der Waals surface area contributed by atoms with Gasteiger partial charge in [0.25, 0.3) is 0 Å². The van der Waals surface area contributed by atoms with Gasteiger partial charge in [-0.2, -0.15) is 0 Å². The summed E-state index contributed by atoms with van der Waals surface area (Å²) in [5.74, 6) is 0.534. The van der Waals surface area contributed by atoms with E-state index in [1.807, 2.05) is 12.1 Å². The zero-order valence-corrected chi connectivity index (χ0v) is 13.3. The first-order chi connectivity index (χ1) is 11.1. The lowest BCUT2D eigenvalue weighted by molar-refractivity contribution is -0.135. The van der Waals surface area contributed by atoms with Gasteiger partial charge in [-0.25, -0.2) is 0 Å². The van der Waals surface area contributed by atoms with Crippen LogP contribution in [0.15, 0.2) is 47.1 Å². The van der Waals surface area contributed by atoms with Gasteiger partial charge < -0.3 is 14.6 Å². The van der Waals surface area contributed by atoms with Gasteiger partial charge in [-0.1, -0.05) is 23.7 Å². The maximum atomic E-state index is 12.4. The van der Waals surface area contributed by atoms with E-state index in [0.717, 1.165) is 5.56 Å². The third kappa shape index (κ3) is 3.74. The minimum atomic E-state index is -0.437. The quantitative estimate of drug-likeness (QED) is 0.915. The van der Waals surface area contributed by atoms with E-state index >= 15 is 0 Å². The molecule has 1 N–H and O–H groups in total. The van der Waals surface area contributed by atoms with Crippen molar-refractivity contribution in [1.82, 2.24) is 10.2 Å². The van der Waals surface area contributed by atoms with Gasteiger partial charge in [0.15, 0.2) is 0 Å². The predicted octanol–water partition coefficient (Wildman–Crippen LogP) is 2.74. The van der Waals surface area contributed by atoms with Gasteiger partial charge in [0.05, 0.1) is 12.8 Å². The van der Waals surface area contributed by atoms with Crippen molar-refractivity contribution in [1.29, 1.82) is 0 Å². The molecule has 0 spiro atoms. The number of hydrogen-bond acceptors (Lipinski definition) is 3. The summed E-state index contributed by atoms with van der Waals surface area (Å²) in [6, 6.07) is 10.4. The topological polar surface area (TPSA) is 62.6 Å². The summed E-state index contributed by atoms with van der Waals surface area (Å²) in [4.78, 5) is 26.1. The van der Waals surface area contributed by atoms with Gasteiger partial charge in [-0.3, -0.25) is 9.59 Å². The van der Waals surface area contributed by atoms with Crippen LogP contribution < -0.4 is 5.32 Å². The van der Waals surface area contributed by atoms with Crippen molar-refractivity contribution in [3.05, 3.63) is 59.0 Å². The van der Waals surface area contributed by atoms with Crippen molar-refractivity contribution in [2.75, 3.05) is 0 Å². The Bertz CT molecular complexity index is 682. The maximum Gasteiger partial charge on any atom is 0.243 e. The van der Waals surface area contributed by atoms with E-state index in [1.165, 1.54) is 0 Å². The van der Waals surface area contributed by atoms with Crippen LogP contribution >= 0.6 is 11.6 Å². The van der Waals surface area contributed by atoms with Crippen molar-refractivity contribution >= 4 is 23.4 Å².